The molecule has 0 amide bonds. The number of carbonyl (C=O) groups is 1. The lowest BCUT2D eigenvalue weighted by Crippen LogP contribution is -2.52. The van der Waals surface area contributed by atoms with Gasteiger partial charge in [-0.1, -0.05) is 36.4 Å². The summed E-state index contributed by atoms with van der Waals surface area (Å²) >= 11 is 2.99. The second-order valence-corrected chi connectivity index (χ2v) is 10.1. The van der Waals surface area contributed by atoms with E-state index in [0.717, 1.165) is 39.8 Å². The third kappa shape index (κ3) is 4.69. The molecule has 1 aliphatic heterocycles. The molecule has 2 heterocycles. The quantitative estimate of drug-likeness (QED) is 0.473. The highest BCUT2D eigenvalue weighted by Crippen LogP contribution is 2.37. The lowest BCUT2D eigenvalue weighted by atomic mass is 9.92. The molecule has 32 heavy (non-hydrogen) atoms. The molecule has 5 atom stereocenters. The van der Waals surface area contributed by atoms with Gasteiger partial charge < -0.3 is 20.1 Å². The summed E-state index contributed by atoms with van der Waals surface area (Å²) in [7, 11) is 0. The molecular weight excluding hydrogens is 444 g/mol. The second kappa shape index (κ2) is 9.87. The van der Waals surface area contributed by atoms with E-state index in [1.807, 2.05) is 43.3 Å². The Kier molecular flexibility index (Phi) is 7.14. The summed E-state index contributed by atoms with van der Waals surface area (Å²) in [6.07, 6.45) is -0.946. The maximum absolute atomic E-state index is 11.1. The number of aldehydes is 1. The first-order valence-corrected chi connectivity index (χ1v) is 12.5. The van der Waals surface area contributed by atoms with E-state index in [1.165, 1.54) is 16.6 Å². The van der Waals surface area contributed by atoms with Gasteiger partial charge in [-0.2, -0.15) is 0 Å². The zero-order valence-corrected chi connectivity index (χ0v) is 19.5. The summed E-state index contributed by atoms with van der Waals surface area (Å²) in [5.74, 6) is 0. The molecular formula is C25H26O5S2. The lowest BCUT2D eigenvalue weighted by molar-refractivity contribution is -0.200. The zero-order valence-electron chi connectivity index (χ0n) is 17.8. The van der Waals surface area contributed by atoms with Crippen LogP contribution in [0.2, 0.25) is 0 Å². The highest BCUT2D eigenvalue weighted by Gasteiger charge is 2.44. The summed E-state index contributed by atoms with van der Waals surface area (Å²) in [5.41, 5.74) is 4.07. The number of benzene rings is 2. The van der Waals surface area contributed by atoms with Gasteiger partial charge in [-0.25, -0.2) is 0 Å². The van der Waals surface area contributed by atoms with Gasteiger partial charge >= 0.3 is 0 Å². The minimum absolute atomic E-state index is 0.606. The molecule has 0 saturated carbocycles. The molecule has 1 aromatic heterocycles. The number of hydrogen-bond acceptors (Lipinski definition) is 7. The molecule has 0 spiro atoms. The first-order chi connectivity index (χ1) is 15.4. The number of aliphatic hydroxyl groups is 3. The Balaban J connectivity index is 1.57. The van der Waals surface area contributed by atoms with Crippen LogP contribution in [0.5, 0.6) is 0 Å². The van der Waals surface area contributed by atoms with Crippen molar-refractivity contribution in [2.24, 2.45) is 0 Å². The molecule has 4 rings (SSSR count). The molecule has 1 saturated heterocycles. The van der Waals surface area contributed by atoms with Crippen LogP contribution in [0.3, 0.4) is 0 Å². The van der Waals surface area contributed by atoms with Crippen molar-refractivity contribution in [3.63, 3.8) is 0 Å². The molecule has 5 unspecified atom stereocenters. The molecule has 0 radical (unpaired) electrons. The number of carbonyl (C=O) groups excluding carboxylic acids is 1. The van der Waals surface area contributed by atoms with Gasteiger partial charge in [0.15, 0.2) is 0 Å². The first-order valence-electron chi connectivity index (χ1n) is 10.4. The molecule has 1 fully saturated rings. The average molecular weight is 471 g/mol. The van der Waals surface area contributed by atoms with Gasteiger partial charge in [0.1, 0.15) is 36.1 Å². The van der Waals surface area contributed by atoms with Crippen LogP contribution in [0, 0.1) is 6.92 Å². The number of rotatable bonds is 6. The number of thiophene rings is 1. The van der Waals surface area contributed by atoms with E-state index in [-0.39, 0.29) is 0 Å². The van der Waals surface area contributed by atoms with Crippen LogP contribution < -0.4 is 0 Å². The van der Waals surface area contributed by atoms with E-state index in [0.29, 0.717) is 5.56 Å². The maximum atomic E-state index is 11.1. The van der Waals surface area contributed by atoms with Crippen molar-refractivity contribution in [3.8, 4) is 10.4 Å². The van der Waals surface area contributed by atoms with Crippen molar-refractivity contribution in [2.45, 2.75) is 43.2 Å². The fourth-order valence-corrected chi connectivity index (χ4v) is 5.66. The average Bonchev–Trinajstić information content (AvgIpc) is 3.28. The van der Waals surface area contributed by atoms with Crippen LogP contribution in [-0.2, 0) is 11.2 Å². The predicted octanol–water partition coefficient (Wildman–Crippen LogP) is 3.97. The Hall–Kier alpha value is -2.00. The van der Waals surface area contributed by atoms with Crippen LogP contribution >= 0.6 is 23.1 Å². The molecule has 0 aliphatic carbocycles. The highest BCUT2D eigenvalue weighted by molar-refractivity contribution is 7.99. The SMILES string of the molecule is CSC1OC(c2ccc(C)c(Cc3ccc(-c4cccc(C=O)c4)s3)c2)C(O)C(O)C1O. The number of thioether (sulfide) groups is 1. The van der Waals surface area contributed by atoms with Gasteiger partial charge in [-0.3, -0.25) is 4.79 Å². The van der Waals surface area contributed by atoms with Crippen LogP contribution in [0.4, 0.5) is 0 Å². The normalized spacial score (nSPS) is 25.6. The monoisotopic (exact) mass is 470 g/mol. The van der Waals surface area contributed by atoms with Gasteiger partial charge in [-0.15, -0.1) is 23.1 Å². The van der Waals surface area contributed by atoms with E-state index in [1.54, 1.807) is 23.7 Å². The molecule has 5 nitrogen and oxygen atoms in total. The molecule has 2 aromatic carbocycles. The smallest absolute Gasteiger partial charge is 0.150 e. The Bertz CT molecular complexity index is 1090. The minimum atomic E-state index is -1.27. The fraction of sp³-hybridized carbons (Fsp3) is 0.320. The van der Waals surface area contributed by atoms with E-state index in [9.17, 15) is 20.1 Å². The molecule has 1 aliphatic rings. The van der Waals surface area contributed by atoms with Gasteiger partial charge in [0.2, 0.25) is 0 Å². The van der Waals surface area contributed by atoms with Gasteiger partial charge in [0.05, 0.1) is 0 Å². The van der Waals surface area contributed by atoms with E-state index in [4.69, 9.17) is 4.74 Å². The lowest BCUT2D eigenvalue weighted by Gasteiger charge is -2.40. The van der Waals surface area contributed by atoms with Crippen molar-refractivity contribution in [1.82, 2.24) is 0 Å². The molecule has 3 N–H and O–H groups in total. The van der Waals surface area contributed by atoms with E-state index in [2.05, 4.69) is 12.1 Å². The van der Waals surface area contributed by atoms with Gasteiger partial charge in [-0.05, 0) is 53.6 Å². The Morgan fingerprint density at radius 2 is 1.84 bits per heavy atom. The Morgan fingerprint density at radius 1 is 1.03 bits per heavy atom. The zero-order chi connectivity index (χ0) is 22.8. The van der Waals surface area contributed by atoms with Crippen molar-refractivity contribution < 1.29 is 24.9 Å². The summed E-state index contributed by atoms with van der Waals surface area (Å²) in [6, 6.07) is 17.6. The van der Waals surface area contributed by atoms with Crippen molar-refractivity contribution in [2.75, 3.05) is 6.26 Å². The van der Waals surface area contributed by atoms with Crippen LogP contribution in [-0.4, -0.2) is 51.6 Å². The van der Waals surface area contributed by atoms with Crippen molar-refractivity contribution >= 4 is 29.4 Å². The summed E-state index contributed by atoms with van der Waals surface area (Å²) < 4.78 is 5.92. The molecule has 7 heteroatoms. The van der Waals surface area contributed by atoms with Crippen LogP contribution in [0.1, 0.15) is 38.0 Å². The molecule has 0 bridgehead atoms. The van der Waals surface area contributed by atoms with Crippen LogP contribution in [0.25, 0.3) is 10.4 Å². The topological polar surface area (TPSA) is 87.0 Å². The largest absolute Gasteiger partial charge is 0.387 e. The summed E-state index contributed by atoms with van der Waals surface area (Å²) in [4.78, 5) is 13.4. The first kappa shape index (κ1) is 23.2. The molecule has 3 aromatic rings. The minimum Gasteiger partial charge on any atom is -0.387 e. The fourth-order valence-electron chi connectivity index (χ4n) is 3.96. The Labute approximate surface area is 195 Å². The summed E-state index contributed by atoms with van der Waals surface area (Å²) in [6.45, 7) is 2.04. The number of aliphatic hydroxyl groups excluding tert-OH is 3. The maximum Gasteiger partial charge on any atom is 0.150 e. The standard InChI is InChI=1S/C25H26O5S2/c1-14-6-7-17(24-22(28)21(27)23(29)25(30-24)31-2)11-18(14)12-19-8-9-20(32-19)16-5-3-4-15(10-16)13-26/h3-11,13,21-25,27-29H,12H2,1-2H3. The Morgan fingerprint density at radius 3 is 2.59 bits per heavy atom. The van der Waals surface area contributed by atoms with Crippen molar-refractivity contribution in [1.29, 1.82) is 0 Å². The number of hydrogen-bond donors (Lipinski definition) is 3. The van der Waals surface area contributed by atoms with Gasteiger partial charge in [0, 0.05) is 21.7 Å². The number of ether oxygens (including phenoxy) is 1. The van der Waals surface area contributed by atoms with Crippen molar-refractivity contribution in [3.05, 3.63) is 81.7 Å². The van der Waals surface area contributed by atoms with E-state index >= 15 is 0 Å². The van der Waals surface area contributed by atoms with Crippen LogP contribution in [0.15, 0.2) is 54.6 Å². The number of aryl methyl sites for hydroxylation is 1. The third-order valence-electron chi connectivity index (χ3n) is 5.84. The highest BCUT2D eigenvalue weighted by atomic mass is 32.2. The van der Waals surface area contributed by atoms with E-state index < -0.39 is 29.9 Å². The predicted molar refractivity (Wildman–Crippen MR) is 128 cm³/mol. The van der Waals surface area contributed by atoms with Gasteiger partial charge in [0.25, 0.3) is 0 Å². The molecule has 168 valence electrons. The third-order valence-corrected chi connectivity index (χ3v) is 7.83. The summed E-state index contributed by atoms with van der Waals surface area (Å²) in [5, 5.41) is 30.9. The second-order valence-electron chi connectivity index (χ2n) is 8.00.